The van der Waals surface area contributed by atoms with E-state index in [1.807, 2.05) is 63.2 Å². The number of para-hydroxylation sites is 2. The number of hydrogen-bond acceptors (Lipinski definition) is 5. The summed E-state index contributed by atoms with van der Waals surface area (Å²) in [7, 11) is 0. The number of nitrogens with zero attached hydrogens (tertiary/aromatic N) is 2. The van der Waals surface area contributed by atoms with E-state index in [-0.39, 0.29) is 23.3 Å². The molecule has 30 heavy (non-hydrogen) atoms. The number of carbonyl (C=O) groups is 1. The number of aryl methyl sites for hydroxylation is 1. The molecule has 0 unspecified atom stereocenters. The number of fused-ring (bicyclic) bond motifs is 1. The summed E-state index contributed by atoms with van der Waals surface area (Å²) in [6, 6.07) is 14.9. The molecular formula is C23H27N3O3S. The van der Waals surface area contributed by atoms with Gasteiger partial charge in [-0.2, -0.15) is 0 Å². The van der Waals surface area contributed by atoms with Gasteiger partial charge in [0.25, 0.3) is 5.56 Å². The van der Waals surface area contributed by atoms with Crippen LogP contribution in [0.2, 0.25) is 0 Å². The van der Waals surface area contributed by atoms with E-state index < -0.39 is 0 Å². The van der Waals surface area contributed by atoms with Gasteiger partial charge in [0.1, 0.15) is 0 Å². The summed E-state index contributed by atoms with van der Waals surface area (Å²) in [5.41, 5.74) is 2.34. The molecule has 158 valence electrons. The molecule has 0 aliphatic heterocycles. The third kappa shape index (κ3) is 5.70. The van der Waals surface area contributed by atoms with Gasteiger partial charge >= 0.3 is 0 Å². The zero-order valence-corrected chi connectivity index (χ0v) is 18.4. The first kappa shape index (κ1) is 22.1. The summed E-state index contributed by atoms with van der Waals surface area (Å²) in [6.45, 7) is 6.97. The normalized spacial score (nSPS) is 11.2. The smallest absolute Gasteiger partial charge is 0.262 e. The second-order valence-corrected chi connectivity index (χ2v) is 8.24. The van der Waals surface area contributed by atoms with Crippen LogP contribution >= 0.6 is 11.8 Å². The molecule has 0 radical (unpaired) electrons. The molecule has 0 atom stereocenters. The first-order valence-corrected chi connectivity index (χ1v) is 11.0. The fourth-order valence-corrected chi connectivity index (χ4v) is 3.85. The lowest BCUT2D eigenvalue weighted by Crippen LogP contribution is -2.25. The van der Waals surface area contributed by atoms with Crippen LogP contribution in [0.25, 0.3) is 10.9 Å². The first-order chi connectivity index (χ1) is 14.5. The van der Waals surface area contributed by atoms with Crippen molar-refractivity contribution in [1.82, 2.24) is 9.55 Å². The van der Waals surface area contributed by atoms with Gasteiger partial charge in [0.05, 0.1) is 22.8 Å². The lowest BCUT2D eigenvalue weighted by molar-refractivity contribution is -0.113. The highest BCUT2D eigenvalue weighted by atomic mass is 32.2. The van der Waals surface area contributed by atoms with E-state index in [1.165, 1.54) is 11.8 Å². The Morgan fingerprint density at radius 3 is 2.67 bits per heavy atom. The Morgan fingerprint density at radius 2 is 1.90 bits per heavy atom. The van der Waals surface area contributed by atoms with Crippen LogP contribution in [-0.2, 0) is 16.1 Å². The largest absolute Gasteiger partial charge is 0.379 e. The van der Waals surface area contributed by atoms with Gasteiger partial charge in [-0.25, -0.2) is 4.98 Å². The SMILES string of the molecule is Cc1ccccc1NC(=O)CSc1nc2ccccc2c(=O)n1CCCOC(C)C. The van der Waals surface area contributed by atoms with Crippen molar-refractivity contribution in [2.24, 2.45) is 0 Å². The third-order valence-corrected chi connectivity index (χ3v) is 5.53. The minimum absolute atomic E-state index is 0.0908. The van der Waals surface area contributed by atoms with Gasteiger partial charge < -0.3 is 10.1 Å². The number of ether oxygens (including phenoxy) is 1. The van der Waals surface area contributed by atoms with Gasteiger partial charge in [0.15, 0.2) is 5.16 Å². The Kier molecular flexibility index (Phi) is 7.65. The van der Waals surface area contributed by atoms with Crippen molar-refractivity contribution in [3.05, 3.63) is 64.4 Å². The standard InChI is InChI=1S/C23H27N3O3S/c1-16(2)29-14-8-13-26-22(28)18-10-5-7-12-20(18)25-23(26)30-15-21(27)24-19-11-6-4-9-17(19)3/h4-7,9-12,16H,8,13-15H2,1-3H3,(H,24,27). The molecule has 3 rings (SSSR count). The van der Waals surface area contributed by atoms with Crippen molar-refractivity contribution in [2.45, 2.75) is 45.0 Å². The van der Waals surface area contributed by atoms with Gasteiger partial charge in [-0.1, -0.05) is 42.1 Å². The van der Waals surface area contributed by atoms with E-state index in [0.717, 1.165) is 11.3 Å². The molecule has 2 aromatic carbocycles. The molecule has 1 N–H and O–H groups in total. The third-order valence-electron chi connectivity index (χ3n) is 4.56. The number of nitrogens with one attached hydrogen (secondary N) is 1. The van der Waals surface area contributed by atoms with Gasteiger partial charge in [-0.3, -0.25) is 14.2 Å². The molecule has 0 saturated carbocycles. The summed E-state index contributed by atoms with van der Waals surface area (Å²) < 4.78 is 7.25. The molecule has 0 aliphatic rings. The van der Waals surface area contributed by atoms with E-state index in [0.29, 0.717) is 35.6 Å². The molecule has 0 spiro atoms. The second kappa shape index (κ2) is 10.4. The zero-order valence-electron chi connectivity index (χ0n) is 17.6. The number of rotatable bonds is 9. The Hall–Kier alpha value is -2.64. The van der Waals surface area contributed by atoms with Crippen LogP contribution < -0.4 is 10.9 Å². The number of amides is 1. The summed E-state index contributed by atoms with van der Waals surface area (Å²) in [6.07, 6.45) is 0.844. The fraction of sp³-hybridized carbons (Fsp3) is 0.348. The Balaban J connectivity index is 1.77. The molecule has 1 heterocycles. The number of thioether (sulfide) groups is 1. The first-order valence-electron chi connectivity index (χ1n) is 10.0. The van der Waals surface area contributed by atoms with Crippen molar-refractivity contribution < 1.29 is 9.53 Å². The topological polar surface area (TPSA) is 73.2 Å². The Morgan fingerprint density at radius 1 is 1.17 bits per heavy atom. The average Bonchev–Trinajstić information content (AvgIpc) is 2.72. The van der Waals surface area contributed by atoms with E-state index in [2.05, 4.69) is 10.3 Å². The van der Waals surface area contributed by atoms with E-state index >= 15 is 0 Å². The number of aromatic nitrogens is 2. The summed E-state index contributed by atoms with van der Waals surface area (Å²) in [5, 5.41) is 4.05. The van der Waals surface area contributed by atoms with Crippen LogP contribution in [0.4, 0.5) is 5.69 Å². The second-order valence-electron chi connectivity index (χ2n) is 7.29. The maximum Gasteiger partial charge on any atom is 0.262 e. The van der Waals surface area contributed by atoms with Crippen LogP contribution in [0.5, 0.6) is 0 Å². The van der Waals surface area contributed by atoms with Crippen LogP contribution in [0.3, 0.4) is 0 Å². The Labute approximate surface area is 180 Å². The molecule has 7 heteroatoms. The molecule has 6 nitrogen and oxygen atoms in total. The molecule has 1 amide bonds. The summed E-state index contributed by atoms with van der Waals surface area (Å²) >= 11 is 1.27. The lowest BCUT2D eigenvalue weighted by atomic mass is 10.2. The number of anilines is 1. The van der Waals surface area contributed by atoms with Crippen LogP contribution in [0, 0.1) is 6.92 Å². The minimum Gasteiger partial charge on any atom is -0.379 e. The number of benzene rings is 2. The predicted molar refractivity (Wildman–Crippen MR) is 122 cm³/mol. The lowest BCUT2D eigenvalue weighted by Gasteiger charge is -2.14. The highest BCUT2D eigenvalue weighted by molar-refractivity contribution is 7.99. The minimum atomic E-state index is -0.133. The van der Waals surface area contributed by atoms with Gasteiger partial charge in [0, 0.05) is 18.8 Å². The molecule has 1 aromatic heterocycles. The van der Waals surface area contributed by atoms with Crippen LogP contribution in [0.15, 0.2) is 58.5 Å². The molecule has 3 aromatic rings. The summed E-state index contributed by atoms with van der Waals surface area (Å²) in [5.74, 6) is 0.0353. The van der Waals surface area contributed by atoms with Crippen molar-refractivity contribution in [3.8, 4) is 0 Å². The average molecular weight is 426 g/mol. The predicted octanol–water partition coefficient (Wildman–Crippen LogP) is 4.25. The van der Waals surface area contributed by atoms with Crippen molar-refractivity contribution >= 4 is 34.3 Å². The molecule has 0 saturated heterocycles. The highest BCUT2D eigenvalue weighted by Gasteiger charge is 2.14. The van der Waals surface area contributed by atoms with Gasteiger partial charge in [-0.15, -0.1) is 0 Å². The van der Waals surface area contributed by atoms with Crippen LogP contribution in [-0.4, -0.2) is 33.9 Å². The molecular weight excluding hydrogens is 398 g/mol. The monoisotopic (exact) mass is 425 g/mol. The molecule has 0 bridgehead atoms. The zero-order chi connectivity index (χ0) is 21.5. The molecule has 0 fully saturated rings. The number of hydrogen-bond donors (Lipinski definition) is 1. The Bertz CT molecular complexity index is 1080. The van der Waals surface area contributed by atoms with Gasteiger partial charge in [0.2, 0.25) is 5.91 Å². The summed E-state index contributed by atoms with van der Waals surface area (Å²) in [4.78, 5) is 30.1. The maximum absolute atomic E-state index is 13.0. The fourth-order valence-electron chi connectivity index (χ4n) is 3.03. The number of carbonyl (C=O) groups excluding carboxylic acids is 1. The maximum atomic E-state index is 13.0. The van der Waals surface area contributed by atoms with E-state index in [9.17, 15) is 9.59 Å². The van der Waals surface area contributed by atoms with E-state index in [1.54, 1.807) is 10.6 Å². The van der Waals surface area contributed by atoms with Crippen molar-refractivity contribution in [2.75, 3.05) is 17.7 Å². The van der Waals surface area contributed by atoms with Crippen molar-refractivity contribution in [1.29, 1.82) is 0 Å². The van der Waals surface area contributed by atoms with Crippen LogP contribution in [0.1, 0.15) is 25.8 Å². The van der Waals surface area contributed by atoms with Gasteiger partial charge in [-0.05, 0) is 51.0 Å². The van der Waals surface area contributed by atoms with Crippen molar-refractivity contribution in [3.63, 3.8) is 0 Å². The quantitative estimate of drug-likeness (QED) is 0.315. The highest BCUT2D eigenvalue weighted by Crippen LogP contribution is 2.19. The molecule has 0 aliphatic carbocycles. The van der Waals surface area contributed by atoms with E-state index in [4.69, 9.17) is 4.74 Å².